The van der Waals surface area contributed by atoms with Crippen LogP contribution in [-0.4, -0.2) is 23.1 Å². The van der Waals surface area contributed by atoms with Gasteiger partial charge in [-0.3, -0.25) is 9.59 Å². The Bertz CT molecular complexity index is 851. The lowest BCUT2D eigenvalue weighted by Crippen LogP contribution is -2.50. The van der Waals surface area contributed by atoms with Crippen molar-refractivity contribution in [3.63, 3.8) is 0 Å². The van der Waals surface area contributed by atoms with Gasteiger partial charge in [0.2, 0.25) is 0 Å². The highest BCUT2D eigenvalue weighted by atomic mass is 16.6. The van der Waals surface area contributed by atoms with E-state index < -0.39 is 5.41 Å². The number of carbonyl (C=O) groups excluding carboxylic acids is 2. The van der Waals surface area contributed by atoms with Gasteiger partial charge in [0.1, 0.15) is 11.2 Å². The highest BCUT2D eigenvalue weighted by Crippen LogP contribution is 2.64. The van der Waals surface area contributed by atoms with Crippen molar-refractivity contribution in [1.29, 1.82) is 0 Å². The Hall–Kier alpha value is -1.06. The van der Waals surface area contributed by atoms with E-state index >= 15 is 0 Å². The molecule has 6 fully saturated rings. The summed E-state index contributed by atoms with van der Waals surface area (Å²) in [6.45, 7) is 9.02. The molecule has 4 heteroatoms. The molecule has 190 valence electrons. The number of ether oxygens (including phenoxy) is 2. The molecule has 0 N–H and O–H groups in total. The van der Waals surface area contributed by atoms with Gasteiger partial charge in [-0.1, -0.05) is 27.7 Å². The highest BCUT2D eigenvalue weighted by Gasteiger charge is 2.65. The van der Waals surface area contributed by atoms with Crippen molar-refractivity contribution in [3.05, 3.63) is 0 Å². The third-order valence-corrected chi connectivity index (χ3v) is 12.6. The average Bonchev–Trinajstić information content (AvgIpc) is 3.65. The second-order valence-corrected chi connectivity index (χ2v) is 13.7. The van der Waals surface area contributed by atoms with Gasteiger partial charge in [-0.25, -0.2) is 0 Å². The normalized spacial score (nSPS) is 52.5. The van der Waals surface area contributed by atoms with Crippen LogP contribution >= 0.6 is 0 Å². The molecule has 11 unspecified atom stereocenters. The molecule has 34 heavy (non-hydrogen) atoms. The Morgan fingerprint density at radius 1 is 0.765 bits per heavy atom. The van der Waals surface area contributed by atoms with E-state index in [2.05, 4.69) is 27.7 Å². The van der Waals surface area contributed by atoms with Gasteiger partial charge in [0.15, 0.2) is 0 Å². The van der Waals surface area contributed by atoms with Crippen LogP contribution in [-0.2, 0) is 19.1 Å². The zero-order chi connectivity index (χ0) is 23.9. The Kier molecular flexibility index (Phi) is 5.47. The molecule has 0 spiro atoms. The summed E-state index contributed by atoms with van der Waals surface area (Å²) in [5, 5.41) is 0. The van der Waals surface area contributed by atoms with Crippen molar-refractivity contribution in [1.82, 2.24) is 0 Å². The molecule has 0 radical (unpaired) electrons. The van der Waals surface area contributed by atoms with E-state index in [9.17, 15) is 9.59 Å². The summed E-state index contributed by atoms with van der Waals surface area (Å²) < 4.78 is 13.0. The van der Waals surface area contributed by atoms with Crippen LogP contribution in [0.2, 0.25) is 0 Å². The van der Waals surface area contributed by atoms with Gasteiger partial charge in [0.25, 0.3) is 0 Å². The van der Waals surface area contributed by atoms with E-state index in [1.54, 1.807) is 0 Å². The molecule has 6 rings (SSSR count). The lowest BCUT2D eigenvalue weighted by molar-refractivity contribution is -0.192. The zero-order valence-electron chi connectivity index (χ0n) is 21.9. The molecule has 0 saturated heterocycles. The molecule has 6 saturated carbocycles. The molecule has 0 heterocycles. The molecule has 0 aliphatic heterocycles. The summed E-state index contributed by atoms with van der Waals surface area (Å²) in [4.78, 5) is 27.9. The Balaban J connectivity index is 1.25. The zero-order valence-corrected chi connectivity index (χ0v) is 21.9. The maximum absolute atomic E-state index is 14.2. The predicted molar refractivity (Wildman–Crippen MR) is 131 cm³/mol. The lowest BCUT2D eigenvalue weighted by atomic mass is 9.64. The maximum Gasteiger partial charge on any atom is 0.313 e. The van der Waals surface area contributed by atoms with Crippen molar-refractivity contribution in [3.8, 4) is 0 Å². The fraction of sp³-hybridized carbons (Fsp3) is 0.933. The van der Waals surface area contributed by atoms with Crippen molar-refractivity contribution >= 4 is 11.9 Å². The largest absolute Gasteiger partial charge is 0.459 e. The molecular formula is C30H46O4. The standard InChI is InChI=1S/C30H46O4/c1-5-29(14-20-7-9-23(29)11-20)33-26(31)17-28(16-22-13-25(28)19(4)18(22)3)27(32)34-30(6-2)15-21-8-10-24(30)12-21/h18-25H,5-17H2,1-4H3. The summed E-state index contributed by atoms with van der Waals surface area (Å²) >= 11 is 0. The Morgan fingerprint density at radius 3 is 1.79 bits per heavy atom. The summed E-state index contributed by atoms with van der Waals surface area (Å²) in [7, 11) is 0. The second kappa shape index (κ2) is 7.97. The first-order valence-electron chi connectivity index (χ1n) is 14.7. The SMILES string of the molecule is CCC1(OC(=O)CC2(C(=O)OC3(CC)CC4CCC3C4)CC3CC2C(C)C3C)CC2CCC1C2. The molecular weight excluding hydrogens is 424 g/mol. The van der Waals surface area contributed by atoms with Crippen LogP contribution < -0.4 is 0 Å². The van der Waals surface area contributed by atoms with E-state index in [1.165, 1.54) is 38.5 Å². The summed E-state index contributed by atoms with van der Waals surface area (Å²) in [5.74, 6) is 4.16. The van der Waals surface area contributed by atoms with Gasteiger partial charge in [0.05, 0.1) is 11.8 Å². The third-order valence-electron chi connectivity index (χ3n) is 12.6. The van der Waals surface area contributed by atoms with Crippen LogP contribution in [0.5, 0.6) is 0 Å². The smallest absolute Gasteiger partial charge is 0.313 e. The minimum absolute atomic E-state index is 0.0522. The van der Waals surface area contributed by atoms with Crippen LogP contribution in [0.3, 0.4) is 0 Å². The minimum Gasteiger partial charge on any atom is -0.459 e. The fourth-order valence-corrected chi connectivity index (χ4v) is 10.5. The van der Waals surface area contributed by atoms with Gasteiger partial charge in [-0.15, -0.1) is 0 Å². The van der Waals surface area contributed by atoms with Crippen molar-refractivity contribution in [2.24, 2.45) is 52.8 Å². The van der Waals surface area contributed by atoms with Gasteiger partial charge < -0.3 is 9.47 Å². The molecule has 6 bridgehead atoms. The third kappa shape index (κ3) is 3.21. The predicted octanol–water partition coefficient (Wildman–Crippen LogP) is 6.70. The van der Waals surface area contributed by atoms with Crippen LogP contribution in [0.4, 0.5) is 0 Å². The number of hydrogen-bond donors (Lipinski definition) is 0. The van der Waals surface area contributed by atoms with Crippen LogP contribution in [0, 0.1) is 52.8 Å². The fourth-order valence-electron chi connectivity index (χ4n) is 10.5. The van der Waals surface area contributed by atoms with Crippen LogP contribution in [0.15, 0.2) is 0 Å². The lowest BCUT2D eigenvalue weighted by Gasteiger charge is -2.45. The molecule has 4 nitrogen and oxygen atoms in total. The number of carbonyl (C=O) groups is 2. The van der Waals surface area contributed by atoms with Gasteiger partial charge in [-0.05, 0) is 124 Å². The molecule has 0 aromatic heterocycles. The van der Waals surface area contributed by atoms with E-state index in [0.29, 0.717) is 29.6 Å². The molecule has 6 aliphatic carbocycles. The molecule has 0 aromatic rings. The van der Waals surface area contributed by atoms with Gasteiger partial charge >= 0.3 is 11.9 Å². The first-order valence-corrected chi connectivity index (χ1v) is 14.7. The number of hydrogen-bond acceptors (Lipinski definition) is 4. The monoisotopic (exact) mass is 470 g/mol. The van der Waals surface area contributed by atoms with E-state index in [-0.39, 0.29) is 35.5 Å². The first kappa shape index (κ1) is 23.3. The van der Waals surface area contributed by atoms with E-state index in [1.807, 2.05) is 0 Å². The Morgan fingerprint density at radius 2 is 1.35 bits per heavy atom. The number of rotatable bonds is 7. The van der Waals surface area contributed by atoms with Gasteiger partial charge in [-0.2, -0.15) is 0 Å². The van der Waals surface area contributed by atoms with Crippen LogP contribution in [0.25, 0.3) is 0 Å². The number of esters is 2. The highest BCUT2D eigenvalue weighted by molar-refractivity contribution is 5.85. The minimum atomic E-state index is -0.676. The maximum atomic E-state index is 14.2. The molecule has 6 aliphatic rings. The average molecular weight is 471 g/mol. The van der Waals surface area contributed by atoms with Crippen molar-refractivity contribution in [2.45, 2.75) is 122 Å². The molecule has 0 aromatic carbocycles. The quantitative estimate of drug-likeness (QED) is 0.389. The summed E-state index contributed by atoms with van der Waals surface area (Å²) in [6, 6.07) is 0. The molecule has 0 amide bonds. The number of fused-ring (bicyclic) bond motifs is 6. The molecule has 11 atom stereocenters. The van der Waals surface area contributed by atoms with Gasteiger partial charge in [0, 0.05) is 0 Å². The summed E-state index contributed by atoms with van der Waals surface area (Å²) in [5.41, 5.74) is -1.25. The van der Waals surface area contributed by atoms with Crippen LogP contribution in [0.1, 0.15) is 111 Å². The van der Waals surface area contributed by atoms with E-state index in [4.69, 9.17) is 9.47 Å². The summed E-state index contributed by atoms with van der Waals surface area (Å²) in [6.07, 6.45) is 13.4. The second-order valence-electron chi connectivity index (χ2n) is 13.7. The van der Waals surface area contributed by atoms with E-state index in [0.717, 1.165) is 50.4 Å². The van der Waals surface area contributed by atoms with Crippen molar-refractivity contribution in [2.75, 3.05) is 0 Å². The topological polar surface area (TPSA) is 52.6 Å². The van der Waals surface area contributed by atoms with Crippen molar-refractivity contribution < 1.29 is 19.1 Å². The first-order chi connectivity index (χ1) is 16.2. The Labute approximate surface area is 206 Å².